The molecule has 0 saturated heterocycles. The van der Waals surface area contributed by atoms with E-state index in [0.29, 0.717) is 17.7 Å². The first-order chi connectivity index (χ1) is 18.2. The van der Waals surface area contributed by atoms with Crippen LogP contribution in [0.3, 0.4) is 0 Å². The van der Waals surface area contributed by atoms with E-state index >= 15 is 0 Å². The minimum Gasteiger partial charge on any atom is -0.475 e. The van der Waals surface area contributed by atoms with Crippen molar-refractivity contribution in [3.63, 3.8) is 0 Å². The number of aliphatic hydroxyl groups is 1. The number of alkyl halides is 3. The first-order valence-corrected chi connectivity index (χ1v) is 13.1. The number of nitrogens with one attached hydrogen (secondary N) is 1. The van der Waals surface area contributed by atoms with E-state index in [1.807, 2.05) is 42.5 Å². The third-order valence-corrected chi connectivity index (χ3v) is 6.46. The maximum absolute atomic E-state index is 11.9. The molecule has 7 N–H and O–H groups in total. The number of aliphatic hydroxyl groups excluding tert-OH is 1. The van der Waals surface area contributed by atoms with E-state index in [0.717, 1.165) is 36.2 Å². The van der Waals surface area contributed by atoms with E-state index in [9.17, 15) is 26.7 Å². The summed E-state index contributed by atoms with van der Waals surface area (Å²) in [6.45, 7) is 1.25. The van der Waals surface area contributed by atoms with Gasteiger partial charge >= 0.3 is 12.1 Å². The summed E-state index contributed by atoms with van der Waals surface area (Å²) < 4.78 is 55.5. The van der Waals surface area contributed by atoms with Crippen LogP contribution in [-0.2, 0) is 21.2 Å². The minimum atomic E-state index is -5.08. The number of primary sulfonamides is 1. The summed E-state index contributed by atoms with van der Waals surface area (Å²) in [5.41, 5.74) is 9.67. The van der Waals surface area contributed by atoms with Gasteiger partial charge in [0, 0.05) is 29.9 Å². The number of carboxylic acid groups (broad SMARTS) is 1. The van der Waals surface area contributed by atoms with Crippen molar-refractivity contribution in [2.45, 2.75) is 23.9 Å². The zero-order valence-corrected chi connectivity index (χ0v) is 21.5. The molecule has 0 fully saturated rings. The Bertz CT molecular complexity index is 1380. The van der Waals surface area contributed by atoms with Gasteiger partial charge < -0.3 is 20.8 Å². The average Bonchev–Trinajstić information content (AvgIpc) is 2.88. The van der Waals surface area contributed by atoms with Gasteiger partial charge in [-0.2, -0.15) is 13.2 Å². The van der Waals surface area contributed by atoms with Crippen LogP contribution in [0, 0.1) is 5.41 Å². The molecule has 3 aromatic rings. The van der Waals surface area contributed by atoms with Crippen LogP contribution < -0.4 is 15.8 Å². The van der Waals surface area contributed by atoms with Crippen molar-refractivity contribution in [2.24, 2.45) is 10.9 Å². The highest BCUT2D eigenvalue weighted by Gasteiger charge is 2.38. The molecule has 3 aromatic carbocycles. The van der Waals surface area contributed by atoms with E-state index in [4.69, 9.17) is 26.2 Å². The predicted octanol–water partition coefficient (Wildman–Crippen LogP) is 3.35. The van der Waals surface area contributed by atoms with Crippen molar-refractivity contribution < 1.29 is 36.6 Å². The van der Waals surface area contributed by atoms with Crippen LogP contribution in [0.5, 0.6) is 0 Å². The van der Waals surface area contributed by atoms with Crippen LogP contribution in [-0.4, -0.2) is 56.3 Å². The van der Waals surface area contributed by atoms with Gasteiger partial charge in [0.1, 0.15) is 5.84 Å². The Morgan fingerprint density at radius 2 is 1.59 bits per heavy atom. The summed E-state index contributed by atoms with van der Waals surface area (Å²) in [5, 5.41) is 29.5. The number of nitrogens with two attached hydrogens (primary N) is 2. The highest BCUT2D eigenvalue weighted by atomic mass is 32.2. The van der Waals surface area contributed by atoms with Crippen molar-refractivity contribution in [2.75, 3.05) is 24.6 Å². The number of aryl methyl sites for hydroxylation is 1. The van der Waals surface area contributed by atoms with Crippen LogP contribution in [0.1, 0.15) is 17.5 Å². The van der Waals surface area contributed by atoms with Gasteiger partial charge in [-0.15, -0.1) is 0 Å². The lowest BCUT2D eigenvalue weighted by atomic mass is 10.0. The standard InChI is InChI=1S/C24H28N4O3S.C2HF3O2/c25-24(26)20-6-3-7-21(17-20)28(15-16-29)14-4-5-18-10-12-19(13-11-18)22-8-1-2-9-23(22)32(27,30)31;3-2(4,5)1(6)7/h1-3,6-13,17,29H,4-5,14-16H2,(H3,25,26)(H2,27,30,31);(H,6,7). The lowest BCUT2D eigenvalue weighted by Crippen LogP contribution is -2.28. The Labute approximate surface area is 224 Å². The monoisotopic (exact) mass is 566 g/mol. The van der Waals surface area contributed by atoms with E-state index in [-0.39, 0.29) is 17.3 Å². The number of anilines is 1. The molecular weight excluding hydrogens is 537 g/mol. The summed E-state index contributed by atoms with van der Waals surface area (Å²) in [6, 6.07) is 21.9. The molecule has 0 bridgehead atoms. The fraction of sp³-hybridized carbons (Fsp3) is 0.231. The smallest absolute Gasteiger partial charge is 0.475 e. The Morgan fingerprint density at radius 3 is 2.13 bits per heavy atom. The molecule has 0 aliphatic carbocycles. The second kappa shape index (κ2) is 13.7. The largest absolute Gasteiger partial charge is 0.490 e. The summed E-state index contributed by atoms with van der Waals surface area (Å²) in [7, 11) is -3.80. The van der Waals surface area contributed by atoms with E-state index in [1.165, 1.54) is 6.07 Å². The van der Waals surface area contributed by atoms with Crippen molar-refractivity contribution in [1.29, 1.82) is 5.41 Å². The van der Waals surface area contributed by atoms with Crippen LogP contribution in [0.25, 0.3) is 11.1 Å². The molecule has 0 atom stereocenters. The number of benzene rings is 3. The van der Waals surface area contributed by atoms with Gasteiger partial charge in [0.05, 0.1) is 11.5 Å². The second-order valence-corrected chi connectivity index (χ2v) is 9.85. The molecule has 39 heavy (non-hydrogen) atoms. The first-order valence-electron chi connectivity index (χ1n) is 11.6. The van der Waals surface area contributed by atoms with Crippen molar-refractivity contribution in [3.8, 4) is 11.1 Å². The fourth-order valence-electron chi connectivity index (χ4n) is 3.64. The Balaban J connectivity index is 0.000000673. The molecule has 0 radical (unpaired) electrons. The number of aliphatic carboxylic acids is 1. The number of halogens is 3. The van der Waals surface area contributed by atoms with Gasteiger partial charge in [-0.05, 0) is 42.2 Å². The molecule has 0 aliphatic rings. The number of nitrogen functional groups attached to an aromatic ring is 1. The van der Waals surface area contributed by atoms with Gasteiger partial charge in [-0.1, -0.05) is 54.6 Å². The molecular formula is C26H29F3N4O5S. The zero-order chi connectivity index (χ0) is 29.2. The average molecular weight is 567 g/mol. The minimum absolute atomic E-state index is 0.0138. The summed E-state index contributed by atoms with van der Waals surface area (Å²) in [6.07, 6.45) is -3.40. The lowest BCUT2D eigenvalue weighted by Gasteiger charge is -2.24. The van der Waals surface area contributed by atoms with E-state index in [2.05, 4.69) is 4.90 Å². The fourth-order valence-corrected chi connectivity index (χ4v) is 4.40. The highest BCUT2D eigenvalue weighted by molar-refractivity contribution is 7.89. The number of rotatable bonds is 10. The normalized spacial score (nSPS) is 11.3. The van der Waals surface area contributed by atoms with E-state index in [1.54, 1.807) is 24.3 Å². The third-order valence-electron chi connectivity index (χ3n) is 5.49. The topological polar surface area (TPSA) is 171 Å². The third kappa shape index (κ3) is 9.71. The molecule has 0 amide bonds. The van der Waals surface area contributed by atoms with Crippen LogP contribution >= 0.6 is 0 Å². The van der Waals surface area contributed by atoms with Crippen molar-refractivity contribution >= 4 is 27.5 Å². The van der Waals surface area contributed by atoms with Gasteiger partial charge in [0.15, 0.2) is 0 Å². The second-order valence-electron chi connectivity index (χ2n) is 8.32. The Hall–Kier alpha value is -3.94. The zero-order valence-electron chi connectivity index (χ0n) is 20.7. The number of hydrogen-bond donors (Lipinski definition) is 5. The molecule has 0 spiro atoms. The van der Waals surface area contributed by atoms with Gasteiger partial charge in [-0.25, -0.2) is 18.4 Å². The first kappa shape index (κ1) is 31.3. The molecule has 0 saturated carbocycles. The molecule has 13 heteroatoms. The molecule has 0 unspecified atom stereocenters. The van der Waals surface area contributed by atoms with Crippen LogP contribution in [0.15, 0.2) is 77.7 Å². The van der Waals surface area contributed by atoms with Crippen molar-refractivity contribution in [3.05, 3.63) is 83.9 Å². The van der Waals surface area contributed by atoms with E-state index < -0.39 is 22.2 Å². The van der Waals surface area contributed by atoms with Crippen LogP contribution in [0.2, 0.25) is 0 Å². The van der Waals surface area contributed by atoms with Crippen LogP contribution in [0.4, 0.5) is 18.9 Å². The van der Waals surface area contributed by atoms with Gasteiger partial charge in [-0.3, -0.25) is 5.41 Å². The Morgan fingerprint density at radius 1 is 0.974 bits per heavy atom. The van der Waals surface area contributed by atoms with Gasteiger partial charge in [0.2, 0.25) is 10.0 Å². The number of sulfonamides is 1. The number of carbonyl (C=O) groups is 1. The number of carboxylic acids is 1. The predicted molar refractivity (Wildman–Crippen MR) is 142 cm³/mol. The summed E-state index contributed by atoms with van der Waals surface area (Å²) in [5.74, 6) is -2.74. The summed E-state index contributed by atoms with van der Waals surface area (Å²) >= 11 is 0. The maximum atomic E-state index is 11.9. The quantitative estimate of drug-likeness (QED) is 0.185. The highest BCUT2D eigenvalue weighted by Crippen LogP contribution is 2.27. The van der Waals surface area contributed by atoms with Crippen molar-refractivity contribution in [1.82, 2.24) is 0 Å². The van der Waals surface area contributed by atoms with Gasteiger partial charge in [0.25, 0.3) is 0 Å². The molecule has 0 aromatic heterocycles. The number of nitrogens with zero attached hydrogens (tertiary/aromatic N) is 1. The Kier molecular flexibility index (Phi) is 11.0. The molecule has 3 rings (SSSR count). The lowest BCUT2D eigenvalue weighted by molar-refractivity contribution is -0.192. The maximum Gasteiger partial charge on any atom is 0.490 e. The summed E-state index contributed by atoms with van der Waals surface area (Å²) in [4.78, 5) is 11.1. The number of amidine groups is 1. The molecule has 9 nitrogen and oxygen atoms in total. The molecule has 0 heterocycles. The SMILES string of the molecule is N=C(N)c1cccc(N(CCO)CCCc2ccc(-c3ccccc3S(N)(=O)=O)cc2)c1.O=C(O)C(F)(F)F. The molecule has 0 aliphatic heterocycles. The number of hydrogen-bond acceptors (Lipinski definition) is 6. The molecule has 210 valence electrons.